The van der Waals surface area contributed by atoms with Crippen molar-refractivity contribution in [1.82, 2.24) is 10.2 Å². The van der Waals surface area contributed by atoms with Crippen molar-refractivity contribution in [2.75, 3.05) is 19.6 Å². The van der Waals surface area contributed by atoms with Crippen LogP contribution < -0.4 is 5.32 Å². The van der Waals surface area contributed by atoms with Gasteiger partial charge in [0.15, 0.2) is 0 Å². The number of piperidine rings is 1. The molecule has 1 rings (SSSR count). The molecule has 1 fully saturated rings. The van der Waals surface area contributed by atoms with Crippen molar-refractivity contribution in [3.8, 4) is 0 Å². The topological polar surface area (TPSA) is 67.9 Å². The van der Waals surface area contributed by atoms with Crippen LogP contribution in [0.2, 0.25) is 0 Å². The van der Waals surface area contributed by atoms with E-state index >= 15 is 0 Å². The largest absolute Gasteiger partial charge is 0.463 e. The maximum absolute atomic E-state index is 11.8. The highest BCUT2D eigenvalue weighted by molar-refractivity contribution is 5.69. The zero-order chi connectivity index (χ0) is 17.5. The third-order valence-corrected chi connectivity index (χ3v) is 3.60. The summed E-state index contributed by atoms with van der Waals surface area (Å²) < 4.78 is 10.4. The Balaban J connectivity index is 2.39. The molecule has 1 saturated heterocycles. The highest BCUT2D eigenvalue weighted by atomic mass is 16.6. The fourth-order valence-corrected chi connectivity index (χ4v) is 2.66. The van der Waals surface area contributed by atoms with Crippen LogP contribution in [0.5, 0.6) is 0 Å². The van der Waals surface area contributed by atoms with Crippen LogP contribution in [0.4, 0.5) is 4.79 Å². The SMILES string of the molecule is CC(C)OC(=O)CCN1CCCCC1CNC(=O)OC(C)(C)C. The van der Waals surface area contributed by atoms with E-state index in [0.717, 1.165) is 25.8 Å². The lowest BCUT2D eigenvalue weighted by Crippen LogP contribution is -2.48. The summed E-state index contributed by atoms with van der Waals surface area (Å²) in [4.78, 5) is 25.7. The minimum atomic E-state index is -0.489. The Kier molecular flexibility index (Phi) is 7.82. The molecule has 0 aromatic rings. The van der Waals surface area contributed by atoms with Gasteiger partial charge >= 0.3 is 12.1 Å². The van der Waals surface area contributed by atoms with Crippen molar-refractivity contribution >= 4 is 12.1 Å². The molecule has 0 radical (unpaired) electrons. The summed E-state index contributed by atoms with van der Waals surface area (Å²) >= 11 is 0. The van der Waals surface area contributed by atoms with Gasteiger partial charge in [-0.2, -0.15) is 0 Å². The maximum atomic E-state index is 11.8. The smallest absolute Gasteiger partial charge is 0.407 e. The van der Waals surface area contributed by atoms with Gasteiger partial charge in [0.05, 0.1) is 12.5 Å². The number of likely N-dealkylation sites (tertiary alicyclic amines) is 1. The molecule has 134 valence electrons. The molecular weight excluding hydrogens is 296 g/mol. The molecule has 0 aliphatic carbocycles. The van der Waals surface area contributed by atoms with Crippen LogP contribution in [-0.4, -0.2) is 54.3 Å². The first-order valence-corrected chi connectivity index (χ1v) is 8.58. The van der Waals surface area contributed by atoms with E-state index in [4.69, 9.17) is 9.47 Å². The van der Waals surface area contributed by atoms with E-state index in [-0.39, 0.29) is 24.2 Å². The van der Waals surface area contributed by atoms with Gasteiger partial charge in [-0.3, -0.25) is 9.69 Å². The number of nitrogens with zero attached hydrogens (tertiary/aromatic N) is 1. The molecule has 1 atom stereocenters. The summed E-state index contributed by atoms with van der Waals surface area (Å²) in [6.07, 6.45) is 3.22. The molecular formula is C17H32N2O4. The lowest BCUT2D eigenvalue weighted by atomic mass is 10.0. The molecule has 1 heterocycles. The van der Waals surface area contributed by atoms with Crippen molar-refractivity contribution in [3.05, 3.63) is 0 Å². The van der Waals surface area contributed by atoms with Gasteiger partial charge in [0.1, 0.15) is 5.60 Å². The molecule has 1 unspecified atom stereocenters. The third-order valence-electron chi connectivity index (χ3n) is 3.60. The second-order valence-corrected chi connectivity index (χ2v) is 7.36. The maximum Gasteiger partial charge on any atom is 0.407 e. The zero-order valence-corrected chi connectivity index (χ0v) is 15.2. The first-order chi connectivity index (χ1) is 10.7. The van der Waals surface area contributed by atoms with Crippen LogP contribution >= 0.6 is 0 Å². The van der Waals surface area contributed by atoms with Crippen molar-refractivity contribution in [2.24, 2.45) is 0 Å². The number of rotatable bonds is 6. The first kappa shape index (κ1) is 19.7. The molecule has 6 heteroatoms. The van der Waals surface area contributed by atoms with Gasteiger partial charge in [-0.1, -0.05) is 6.42 Å². The summed E-state index contributed by atoms with van der Waals surface area (Å²) in [6.45, 7) is 11.4. The van der Waals surface area contributed by atoms with Crippen molar-refractivity contribution < 1.29 is 19.1 Å². The predicted octanol–water partition coefficient (Wildman–Crippen LogP) is 2.71. The fraction of sp³-hybridized carbons (Fsp3) is 0.882. The number of amides is 1. The molecule has 6 nitrogen and oxygen atoms in total. The number of hydrogen-bond donors (Lipinski definition) is 1. The molecule has 1 amide bonds. The van der Waals surface area contributed by atoms with E-state index in [2.05, 4.69) is 10.2 Å². The average Bonchev–Trinajstić information content (AvgIpc) is 2.41. The third kappa shape index (κ3) is 8.79. The van der Waals surface area contributed by atoms with E-state index < -0.39 is 5.60 Å². The Hall–Kier alpha value is -1.30. The second kappa shape index (κ2) is 9.11. The normalized spacial score (nSPS) is 19.5. The number of esters is 1. The lowest BCUT2D eigenvalue weighted by molar-refractivity contribution is -0.147. The van der Waals surface area contributed by atoms with Crippen molar-refractivity contribution in [2.45, 2.75) is 78.0 Å². The Morgan fingerprint density at radius 3 is 2.57 bits per heavy atom. The Morgan fingerprint density at radius 1 is 1.26 bits per heavy atom. The Labute approximate surface area is 139 Å². The predicted molar refractivity (Wildman–Crippen MR) is 89.3 cm³/mol. The van der Waals surface area contributed by atoms with Crippen LogP contribution in [-0.2, 0) is 14.3 Å². The highest BCUT2D eigenvalue weighted by Gasteiger charge is 2.24. The number of carbonyl (C=O) groups is 2. The van der Waals surface area contributed by atoms with Gasteiger partial charge in [-0.05, 0) is 54.0 Å². The van der Waals surface area contributed by atoms with E-state index in [1.165, 1.54) is 0 Å². The number of hydrogen-bond acceptors (Lipinski definition) is 5. The van der Waals surface area contributed by atoms with E-state index in [0.29, 0.717) is 19.5 Å². The Bertz CT molecular complexity index is 391. The van der Waals surface area contributed by atoms with E-state index in [9.17, 15) is 9.59 Å². The summed E-state index contributed by atoms with van der Waals surface area (Å²) in [5.41, 5.74) is -0.489. The van der Waals surface area contributed by atoms with Crippen LogP contribution in [0.15, 0.2) is 0 Å². The van der Waals surface area contributed by atoms with Crippen molar-refractivity contribution in [3.63, 3.8) is 0 Å². The monoisotopic (exact) mass is 328 g/mol. The number of nitrogens with one attached hydrogen (secondary N) is 1. The van der Waals surface area contributed by atoms with E-state index in [1.807, 2.05) is 34.6 Å². The molecule has 23 heavy (non-hydrogen) atoms. The van der Waals surface area contributed by atoms with Gasteiger partial charge in [-0.25, -0.2) is 4.79 Å². The van der Waals surface area contributed by atoms with Crippen LogP contribution in [0, 0.1) is 0 Å². The van der Waals surface area contributed by atoms with Gasteiger partial charge < -0.3 is 14.8 Å². The summed E-state index contributed by atoms with van der Waals surface area (Å²) in [7, 11) is 0. The molecule has 0 bridgehead atoms. The minimum Gasteiger partial charge on any atom is -0.463 e. The second-order valence-electron chi connectivity index (χ2n) is 7.36. The molecule has 0 aromatic heterocycles. The summed E-state index contributed by atoms with van der Waals surface area (Å²) in [5, 5.41) is 2.84. The molecule has 1 aliphatic rings. The highest BCUT2D eigenvalue weighted by Crippen LogP contribution is 2.17. The van der Waals surface area contributed by atoms with Gasteiger partial charge in [-0.15, -0.1) is 0 Å². The van der Waals surface area contributed by atoms with Crippen LogP contribution in [0.1, 0.15) is 60.3 Å². The number of carbonyl (C=O) groups excluding carboxylic acids is 2. The molecule has 0 aromatic carbocycles. The average molecular weight is 328 g/mol. The fourth-order valence-electron chi connectivity index (χ4n) is 2.66. The van der Waals surface area contributed by atoms with Crippen molar-refractivity contribution in [1.29, 1.82) is 0 Å². The quantitative estimate of drug-likeness (QED) is 0.759. The van der Waals surface area contributed by atoms with E-state index in [1.54, 1.807) is 0 Å². The van der Waals surface area contributed by atoms with Gasteiger partial charge in [0, 0.05) is 19.1 Å². The standard InChI is InChI=1S/C17H32N2O4/c1-13(2)22-15(20)9-11-19-10-7-6-8-14(19)12-18-16(21)23-17(3,4)5/h13-14H,6-12H2,1-5H3,(H,18,21). The van der Waals surface area contributed by atoms with Gasteiger partial charge in [0.2, 0.25) is 0 Å². The molecule has 0 saturated carbocycles. The van der Waals surface area contributed by atoms with Gasteiger partial charge in [0.25, 0.3) is 0 Å². The summed E-state index contributed by atoms with van der Waals surface area (Å²) in [5.74, 6) is -0.163. The Morgan fingerprint density at radius 2 is 1.96 bits per heavy atom. The lowest BCUT2D eigenvalue weighted by Gasteiger charge is -2.35. The molecule has 0 spiro atoms. The first-order valence-electron chi connectivity index (χ1n) is 8.58. The zero-order valence-electron chi connectivity index (χ0n) is 15.2. The summed E-state index contributed by atoms with van der Waals surface area (Å²) in [6, 6.07) is 0.253. The van der Waals surface area contributed by atoms with Crippen LogP contribution in [0.25, 0.3) is 0 Å². The van der Waals surface area contributed by atoms with Crippen LogP contribution in [0.3, 0.4) is 0 Å². The number of alkyl carbamates (subject to hydrolysis) is 1. The molecule has 1 N–H and O–H groups in total. The number of ether oxygens (including phenoxy) is 2. The minimum absolute atomic E-state index is 0.0755. The molecule has 1 aliphatic heterocycles.